The molecular weight excluding hydrogens is 334 g/mol. The number of anilines is 1. The van der Waals surface area contributed by atoms with Crippen LogP contribution >= 0.6 is 15.9 Å². The first-order chi connectivity index (χ1) is 9.58. The second kappa shape index (κ2) is 6.93. The summed E-state index contributed by atoms with van der Waals surface area (Å²) in [7, 11) is 1.58. The van der Waals surface area contributed by atoms with Crippen LogP contribution in [0.3, 0.4) is 0 Å². The van der Waals surface area contributed by atoms with Crippen molar-refractivity contribution in [3.8, 4) is 0 Å². The Hall–Kier alpha value is -1.56. The van der Waals surface area contributed by atoms with Crippen molar-refractivity contribution in [1.29, 1.82) is 0 Å². The van der Waals surface area contributed by atoms with Gasteiger partial charge in [0.2, 0.25) is 5.91 Å². The van der Waals surface area contributed by atoms with Crippen molar-refractivity contribution in [3.05, 3.63) is 28.2 Å². The molecule has 21 heavy (non-hydrogen) atoms. The molecule has 0 heterocycles. The molecule has 0 bridgehead atoms. The zero-order valence-corrected chi connectivity index (χ0v) is 14.7. The molecule has 116 valence electrons. The van der Waals surface area contributed by atoms with E-state index in [1.807, 2.05) is 45.9 Å². The van der Waals surface area contributed by atoms with Crippen LogP contribution in [0.2, 0.25) is 0 Å². The van der Waals surface area contributed by atoms with Crippen molar-refractivity contribution >= 4 is 33.6 Å². The average molecular weight is 356 g/mol. The van der Waals surface area contributed by atoms with Gasteiger partial charge in [-0.05, 0) is 61.3 Å². The maximum absolute atomic E-state index is 12.1. The summed E-state index contributed by atoms with van der Waals surface area (Å²) in [5, 5.41) is 5.58. The van der Waals surface area contributed by atoms with Crippen molar-refractivity contribution < 1.29 is 9.59 Å². The van der Waals surface area contributed by atoms with Crippen molar-refractivity contribution in [3.63, 3.8) is 0 Å². The van der Waals surface area contributed by atoms with Crippen LogP contribution < -0.4 is 10.6 Å². The third-order valence-corrected chi connectivity index (χ3v) is 3.26. The van der Waals surface area contributed by atoms with Crippen LogP contribution in [0.1, 0.15) is 26.3 Å². The number of nitrogens with zero attached hydrogens (tertiary/aromatic N) is 1. The van der Waals surface area contributed by atoms with Gasteiger partial charge in [-0.15, -0.1) is 0 Å². The SMILES string of the molecule is Cc1ccc(NC(=O)N(C)CC(=O)NC(C)(C)C)c(Br)c1. The molecular formula is C15H22BrN3O2. The van der Waals surface area contributed by atoms with E-state index >= 15 is 0 Å². The third kappa shape index (κ3) is 6.16. The number of carbonyl (C=O) groups is 2. The molecule has 0 saturated carbocycles. The summed E-state index contributed by atoms with van der Waals surface area (Å²) in [4.78, 5) is 25.2. The predicted octanol–water partition coefficient (Wildman–Crippen LogP) is 3.14. The van der Waals surface area contributed by atoms with Crippen LogP contribution in [0.5, 0.6) is 0 Å². The first kappa shape index (κ1) is 17.5. The van der Waals surface area contributed by atoms with Crippen LogP contribution in [0.4, 0.5) is 10.5 Å². The van der Waals surface area contributed by atoms with Gasteiger partial charge in [0, 0.05) is 17.1 Å². The number of urea groups is 1. The number of likely N-dealkylation sites (N-methyl/N-ethyl adjacent to an activating group) is 1. The topological polar surface area (TPSA) is 61.4 Å². The minimum Gasteiger partial charge on any atom is -0.350 e. The number of benzene rings is 1. The fourth-order valence-corrected chi connectivity index (χ4v) is 2.27. The first-order valence-corrected chi connectivity index (χ1v) is 7.47. The molecule has 1 aromatic rings. The first-order valence-electron chi connectivity index (χ1n) is 6.68. The third-order valence-electron chi connectivity index (χ3n) is 2.61. The summed E-state index contributed by atoms with van der Waals surface area (Å²) < 4.78 is 0.809. The maximum atomic E-state index is 12.1. The maximum Gasteiger partial charge on any atom is 0.322 e. The number of halogens is 1. The monoisotopic (exact) mass is 355 g/mol. The van der Waals surface area contributed by atoms with Gasteiger partial charge in [0.05, 0.1) is 5.69 Å². The van der Waals surface area contributed by atoms with Crippen molar-refractivity contribution in [2.75, 3.05) is 18.9 Å². The van der Waals surface area contributed by atoms with Crippen molar-refractivity contribution in [1.82, 2.24) is 10.2 Å². The summed E-state index contributed by atoms with van der Waals surface area (Å²) in [6, 6.07) is 5.32. The molecule has 0 unspecified atom stereocenters. The summed E-state index contributed by atoms with van der Waals surface area (Å²) in [6.07, 6.45) is 0. The van der Waals surface area contributed by atoms with Crippen LogP contribution in [0, 0.1) is 6.92 Å². The average Bonchev–Trinajstić information content (AvgIpc) is 2.29. The van der Waals surface area contributed by atoms with E-state index in [-0.39, 0.29) is 24.0 Å². The van der Waals surface area contributed by atoms with E-state index in [4.69, 9.17) is 0 Å². The molecule has 2 N–H and O–H groups in total. The van der Waals surface area contributed by atoms with Gasteiger partial charge >= 0.3 is 6.03 Å². The second-order valence-corrected chi connectivity index (χ2v) is 6.92. The van der Waals surface area contributed by atoms with E-state index in [0.717, 1.165) is 10.0 Å². The fourth-order valence-electron chi connectivity index (χ4n) is 1.68. The van der Waals surface area contributed by atoms with Crippen LogP contribution in [0.25, 0.3) is 0 Å². The van der Waals surface area contributed by atoms with Crippen LogP contribution in [0.15, 0.2) is 22.7 Å². The highest BCUT2D eigenvalue weighted by atomic mass is 79.9. The lowest BCUT2D eigenvalue weighted by molar-refractivity contribution is -0.122. The van der Waals surface area contributed by atoms with Gasteiger partial charge in [0.25, 0.3) is 0 Å². The number of hydrogen-bond acceptors (Lipinski definition) is 2. The normalized spacial score (nSPS) is 11.0. The van der Waals surface area contributed by atoms with Gasteiger partial charge < -0.3 is 15.5 Å². The molecule has 3 amide bonds. The Labute approximate surface area is 134 Å². The Kier molecular flexibility index (Phi) is 5.78. The predicted molar refractivity (Wildman–Crippen MR) is 88.4 cm³/mol. The number of hydrogen-bond donors (Lipinski definition) is 2. The highest BCUT2D eigenvalue weighted by Crippen LogP contribution is 2.23. The Bertz CT molecular complexity index is 538. The van der Waals surface area contributed by atoms with E-state index < -0.39 is 0 Å². The molecule has 5 nitrogen and oxygen atoms in total. The molecule has 1 aromatic carbocycles. The van der Waals surface area contributed by atoms with E-state index in [0.29, 0.717) is 5.69 Å². The van der Waals surface area contributed by atoms with Gasteiger partial charge in [-0.25, -0.2) is 4.79 Å². The molecule has 0 aliphatic heterocycles. The smallest absolute Gasteiger partial charge is 0.322 e. The molecule has 0 spiro atoms. The Morgan fingerprint density at radius 3 is 2.43 bits per heavy atom. The van der Waals surface area contributed by atoms with E-state index in [9.17, 15) is 9.59 Å². The van der Waals surface area contributed by atoms with Gasteiger partial charge in [-0.1, -0.05) is 6.07 Å². The van der Waals surface area contributed by atoms with Crippen molar-refractivity contribution in [2.45, 2.75) is 33.2 Å². The number of amides is 3. The molecule has 0 aromatic heterocycles. The number of carbonyl (C=O) groups excluding carboxylic acids is 2. The number of rotatable bonds is 3. The Morgan fingerprint density at radius 2 is 1.90 bits per heavy atom. The zero-order valence-electron chi connectivity index (χ0n) is 13.1. The molecule has 0 fully saturated rings. The number of nitrogens with one attached hydrogen (secondary N) is 2. The van der Waals surface area contributed by atoms with Gasteiger partial charge in [-0.2, -0.15) is 0 Å². The lowest BCUT2D eigenvalue weighted by Gasteiger charge is -2.23. The summed E-state index contributed by atoms with van der Waals surface area (Å²) in [5.74, 6) is -0.192. The fraction of sp³-hybridized carbons (Fsp3) is 0.467. The lowest BCUT2D eigenvalue weighted by atomic mass is 10.1. The Balaban J connectivity index is 2.61. The lowest BCUT2D eigenvalue weighted by Crippen LogP contribution is -2.47. The molecule has 0 aliphatic carbocycles. The molecule has 1 rings (SSSR count). The quantitative estimate of drug-likeness (QED) is 0.874. The van der Waals surface area contributed by atoms with Crippen LogP contribution in [-0.2, 0) is 4.79 Å². The van der Waals surface area contributed by atoms with Gasteiger partial charge in [-0.3, -0.25) is 4.79 Å². The highest BCUT2D eigenvalue weighted by molar-refractivity contribution is 9.10. The molecule has 0 saturated heterocycles. The van der Waals surface area contributed by atoms with Gasteiger partial charge in [0.15, 0.2) is 0 Å². The van der Waals surface area contributed by atoms with Crippen molar-refractivity contribution in [2.24, 2.45) is 0 Å². The summed E-state index contributed by atoms with van der Waals surface area (Å²) in [6.45, 7) is 7.67. The highest BCUT2D eigenvalue weighted by Gasteiger charge is 2.18. The Morgan fingerprint density at radius 1 is 1.29 bits per heavy atom. The minimum absolute atomic E-state index is 0.00653. The molecule has 0 radical (unpaired) electrons. The zero-order chi connectivity index (χ0) is 16.2. The molecule has 6 heteroatoms. The molecule has 0 atom stereocenters. The number of aryl methyl sites for hydroxylation is 1. The molecule has 0 aliphatic rings. The standard InChI is InChI=1S/C15H22BrN3O2/c1-10-6-7-12(11(16)8-10)17-14(21)19(5)9-13(20)18-15(2,3)4/h6-8H,9H2,1-5H3,(H,17,21)(H,18,20). The van der Waals surface area contributed by atoms with Gasteiger partial charge in [0.1, 0.15) is 6.54 Å². The van der Waals surface area contributed by atoms with Crippen LogP contribution in [-0.4, -0.2) is 36.0 Å². The second-order valence-electron chi connectivity index (χ2n) is 6.07. The largest absolute Gasteiger partial charge is 0.350 e. The minimum atomic E-state index is -0.330. The van der Waals surface area contributed by atoms with E-state index in [1.165, 1.54) is 4.90 Å². The van der Waals surface area contributed by atoms with E-state index in [2.05, 4.69) is 26.6 Å². The summed E-state index contributed by atoms with van der Waals surface area (Å²) >= 11 is 3.40. The van der Waals surface area contributed by atoms with E-state index in [1.54, 1.807) is 7.05 Å². The summed E-state index contributed by atoms with van der Waals surface area (Å²) in [5.41, 5.74) is 1.46.